The van der Waals surface area contributed by atoms with E-state index in [1.54, 1.807) is 14.2 Å². The highest BCUT2D eigenvalue weighted by molar-refractivity contribution is 4.90. The minimum Gasteiger partial charge on any atom is -0.382 e. The third kappa shape index (κ3) is 5.30. The molecule has 0 aliphatic heterocycles. The monoisotopic (exact) mass is 213 g/mol. The van der Waals surface area contributed by atoms with Crippen LogP contribution in [0.1, 0.15) is 19.3 Å². The van der Waals surface area contributed by atoms with E-state index in [0.29, 0.717) is 6.61 Å². The van der Waals surface area contributed by atoms with Crippen LogP contribution in [-0.2, 0) is 9.47 Å². The lowest BCUT2D eigenvalue weighted by molar-refractivity contribution is 0.0284. The molecule has 0 fully saturated rings. The molecule has 2 unspecified atom stereocenters. The standard InChI is InChI=1S/C12H23NO2/c1-14-10-12(15-2)9-13-8-11-6-4-3-5-7-11/h3-4,11-13H,5-10H2,1-2H3. The van der Waals surface area contributed by atoms with Crippen LogP contribution in [0.3, 0.4) is 0 Å². The molecule has 3 heteroatoms. The molecule has 0 aromatic heterocycles. The molecule has 0 radical (unpaired) electrons. The van der Waals surface area contributed by atoms with Gasteiger partial charge in [0.1, 0.15) is 0 Å². The molecule has 2 atom stereocenters. The molecule has 0 amide bonds. The van der Waals surface area contributed by atoms with Crippen LogP contribution < -0.4 is 5.32 Å². The topological polar surface area (TPSA) is 30.5 Å². The van der Waals surface area contributed by atoms with E-state index in [9.17, 15) is 0 Å². The van der Waals surface area contributed by atoms with Gasteiger partial charge in [-0.25, -0.2) is 0 Å². The lowest BCUT2D eigenvalue weighted by Crippen LogP contribution is -2.34. The highest BCUT2D eigenvalue weighted by Crippen LogP contribution is 2.16. The van der Waals surface area contributed by atoms with Crippen molar-refractivity contribution in [3.63, 3.8) is 0 Å². The Morgan fingerprint density at radius 2 is 2.27 bits per heavy atom. The van der Waals surface area contributed by atoms with Crippen LogP contribution >= 0.6 is 0 Å². The zero-order chi connectivity index (χ0) is 10.9. The van der Waals surface area contributed by atoms with Gasteiger partial charge in [-0.2, -0.15) is 0 Å². The van der Waals surface area contributed by atoms with Crippen LogP contribution in [0.2, 0.25) is 0 Å². The number of nitrogens with one attached hydrogen (secondary N) is 1. The predicted octanol–water partition coefficient (Wildman–Crippen LogP) is 1.59. The second kappa shape index (κ2) is 7.85. The lowest BCUT2D eigenvalue weighted by atomic mass is 9.94. The summed E-state index contributed by atoms with van der Waals surface area (Å²) in [7, 11) is 3.44. The molecule has 88 valence electrons. The summed E-state index contributed by atoms with van der Waals surface area (Å²) >= 11 is 0. The highest BCUT2D eigenvalue weighted by Gasteiger charge is 2.11. The molecular weight excluding hydrogens is 190 g/mol. The quantitative estimate of drug-likeness (QED) is 0.652. The van der Waals surface area contributed by atoms with Crippen molar-refractivity contribution >= 4 is 0 Å². The van der Waals surface area contributed by atoms with Gasteiger partial charge in [0.25, 0.3) is 0 Å². The Kier molecular flexibility index (Phi) is 6.64. The van der Waals surface area contributed by atoms with Gasteiger partial charge in [-0.15, -0.1) is 0 Å². The molecule has 0 saturated carbocycles. The second-order valence-electron chi connectivity index (χ2n) is 4.12. The molecule has 1 aliphatic rings. The fourth-order valence-electron chi connectivity index (χ4n) is 1.89. The number of rotatable bonds is 7. The maximum absolute atomic E-state index is 5.28. The molecule has 15 heavy (non-hydrogen) atoms. The molecule has 0 heterocycles. The first-order valence-electron chi connectivity index (χ1n) is 5.74. The van der Waals surface area contributed by atoms with Crippen molar-refractivity contribution < 1.29 is 9.47 Å². The van der Waals surface area contributed by atoms with Crippen molar-refractivity contribution in [3.05, 3.63) is 12.2 Å². The van der Waals surface area contributed by atoms with Crippen LogP contribution in [0.15, 0.2) is 12.2 Å². The first-order valence-corrected chi connectivity index (χ1v) is 5.74. The molecule has 1 aliphatic carbocycles. The van der Waals surface area contributed by atoms with Crippen LogP contribution in [0.25, 0.3) is 0 Å². The maximum atomic E-state index is 5.28. The zero-order valence-corrected chi connectivity index (χ0v) is 9.87. The predicted molar refractivity (Wildman–Crippen MR) is 62.0 cm³/mol. The van der Waals surface area contributed by atoms with Gasteiger partial charge < -0.3 is 14.8 Å². The van der Waals surface area contributed by atoms with Gasteiger partial charge in [-0.1, -0.05) is 12.2 Å². The minimum absolute atomic E-state index is 0.175. The van der Waals surface area contributed by atoms with Gasteiger partial charge in [-0.05, 0) is 31.7 Å². The Bertz CT molecular complexity index is 182. The van der Waals surface area contributed by atoms with Crippen molar-refractivity contribution in [1.82, 2.24) is 5.32 Å². The summed E-state index contributed by atoms with van der Waals surface area (Å²) in [5.74, 6) is 0.801. The fourth-order valence-corrected chi connectivity index (χ4v) is 1.89. The molecular formula is C12H23NO2. The summed E-state index contributed by atoms with van der Waals surface area (Å²) in [5.41, 5.74) is 0. The summed E-state index contributed by atoms with van der Waals surface area (Å²) < 4.78 is 10.3. The molecule has 0 aromatic carbocycles. The van der Waals surface area contributed by atoms with E-state index in [1.165, 1.54) is 19.3 Å². The van der Waals surface area contributed by atoms with E-state index in [2.05, 4.69) is 17.5 Å². The zero-order valence-electron chi connectivity index (χ0n) is 9.87. The molecule has 0 spiro atoms. The summed E-state index contributed by atoms with van der Waals surface area (Å²) in [6.45, 7) is 2.63. The number of hydrogen-bond donors (Lipinski definition) is 1. The third-order valence-electron chi connectivity index (χ3n) is 2.87. The summed E-state index contributed by atoms with van der Waals surface area (Å²) in [6, 6.07) is 0. The second-order valence-corrected chi connectivity index (χ2v) is 4.12. The van der Waals surface area contributed by atoms with E-state index >= 15 is 0 Å². The minimum atomic E-state index is 0.175. The fraction of sp³-hybridized carbons (Fsp3) is 0.833. The van der Waals surface area contributed by atoms with Crippen molar-refractivity contribution in [2.75, 3.05) is 33.9 Å². The molecule has 3 nitrogen and oxygen atoms in total. The smallest absolute Gasteiger partial charge is 0.0928 e. The van der Waals surface area contributed by atoms with Crippen LogP contribution in [-0.4, -0.2) is 40.0 Å². The number of methoxy groups -OCH3 is 2. The summed E-state index contributed by atoms with van der Waals surface area (Å²) in [5, 5.41) is 3.45. The summed E-state index contributed by atoms with van der Waals surface area (Å²) in [4.78, 5) is 0. The van der Waals surface area contributed by atoms with E-state index < -0.39 is 0 Å². The lowest BCUT2D eigenvalue weighted by Gasteiger charge is -2.20. The Morgan fingerprint density at radius 3 is 2.87 bits per heavy atom. The largest absolute Gasteiger partial charge is 0.382 e. The number of hydrogen-bond acceptors (Lipinski definition) is 3. The average molecular weight is 213 g/mol. The Labute approximate surface area is 92.8 Å². The van der Waals surface area contributed by atoms with Gasteiger partial charge >= 0.3 is 0 Å². The van der Waals surface area contributed by atoms with Gasteiger partial charge in [0.15, 0.2) is 0 Å². The van der Waals surface area contributed by atoms with Crippen molar-refractivity contribution in [1.29, 1.82) is 0 Å². The number of allylic oxidation sites excluding steroid dienone is 2. The maximum Gasteiger partial charge on any atom is 0.0928 e. The van der Waals surface area contributed by atoms with E-state index in [-0.39, 0.29) is 6.10 Å². The molecule has 1 N–H and O–H groups in total. The van der Waals surface area contributed by atoms with Gasteiger partial charge in [-0.3, -0.25) is 0 Å². The first kappa shape index (κ1) is 12.7. The average Bonchev–Trinajstić information content (AvgIpc) is 2.29. The summed E-state index contributed by atoms with van der Waals surface area (Å²) in [6.07, 6.45) is 8.51. The highest BCUT2D eigenvalue weighted by atomic mass is 16.5. The van der Waals surface area contributed by atoms with Crippen molar-refractivity contribution in [2.45, 2.75) is 25.4 Å². The van der Waals surface area contributed by atoms with Crippen LogP contribution in [0.5, 0.6) is 0 Å². The van der Waals surface area contributed by atoms with Crippen LogP contribution in [0.4, 0.5) is 0 Å². The molecule has 0 saturated heterocycles. The molecule has 0 aromatic rings. The Balaban J connectivity index is 2.06. The Hall–Kier alpha value is -0.380. The van der Waals surface area contributed by atoms with Crippen molar-refractivity contribution in [2.24, 2.45) is 5.92 Å². The van der Waals surface area contributed by atoms with E-state index in [4.69, 9.17) is 9.47 Å². The SMILES string of the molecule is COCC(CNCC1CC=CCC1)OC. The molecule has 1 rings (SSSR count). The third-order valence-corrected chi connectivity index (χ3v) is 2.87. The van der Waals surface area contributed by atoms with Gasteiger partial charge in [0, 0.05) is 20.8 Å². The first-order chi connectivity index (χ1) is 7.36. The van der Waals surface area contributed by atoms with Crippen LogP contribution in [0, 0.1) is 5.92 Å². The molecule has 0 bridgehead atoms. The normalized spacial score (nSPS) is 22.9. The van der Waals surface area contributed by atoms with E-state index in [1.807, 2.05) is 0 Å². The van der Waals surface area contributed by atoms with Gasteiger partial charge in [0.05, 0.1) is 12.7 Å². The van der Waals surface area contributed by atoms with E-state index in [0.717, 1.165) is 19.0 Å². The van der Waals surface area contributed by atoms with Crippen molar-refractivity contribution in [3.8, 4) is 0 Å². The Morgan fingerprint density at radius 1 is 1.40 bits per heavy atom. The number of ether oxygens (including phenoxy) is 2. The van der Waals surface area contributed by atoms with Gasteiger partial charge in [0.2, 0.25) is 0 Å².